The molecule has 11 amide bonds. The molecule has 25 nitrogen and oxygen atoms in total. The molecule has 0 spiro atoms. The van der Waals surface area contributed by atoms with Gasteiger partial charge < -0.3 is 76.1 Å². The van der Waals surface area contributed by atoms with E-state index in [9.17, 15) is 52.7 Å². The van der Waals surface area contributed by atoms with E-state index in [1.54, 1.807) is 13.8 Å². The Morgan fingerprint density at radius 1 is 0.322 bits per heavy atom. The number of carbonyl (C=O) groups excluding carboxylic acids is 11. The molecule has 25 heteroatoms. The van der Waals surface area contributed by atoms with Crippen LogP contribution in [-0.4, -0.2) is 146 Å². The van der Waals surface area contributed by atoms with E-state index < -0.39 is 125 Å². The first kappa shape index (κ1) is 84.0. The monoisotopic (exact) mass is 1280 g/mol. The van der Waals surface area contributed by atoms with E-state index in [0.29, 0.717) is 77.4 Å². The second kappa shape index (κ2) is 47.9. The minimum Gasteiger partial charge on any atom is -0.368 e. The summed E-state index contributed by atoms with van der Waals surface area (Å²) in [6.07, 6.45) is 11.2. The van der Waals surface area contributed by atoms with Crippen molar-refractivity contribution >= 4 is 65.0 Å². The van der Waals surface area contributed by atoms with Crippen molar-refractivity contribution < 1.29 is 52.7 Å². The molecule has 0 aliphatic carbocycles. The van der Waals surface area contributed by atoms with Crippen LogP contribution in [0.15, 0.2) is 0 Å². The SMILES string of the molecule is CCCCCCCCC(=O)NCC(=O)N[C@@H](CC(C)C)C(=O)N[C@@H](CC(C)C)C(=O)N[C@@H](CCCCN)C(=O)N[C@H](C(=O)N[C@H](C(=O)N[C@@H](CCCCN)C(=O)N[C@@H](CCCCN)C(=O)N[C@@H](CC(C)C)C(=O)N[C@@H](CC(C)C)C(N)=O)[C@@H](C)CC)[C@@H](C)CC. The van der Waals surface area contributed by atoms with Gasteiger partial charge in [-0.25, -0.2) is 0 Å². The Morgan fingerprint density at radius 3 is 0.989 bits per heavy atom. The number of nitrogens with two attached hydrogens (primary N) is 4. The fraction of sp³-hybridized carbons (Fsp3) is 0.831. The maximum atomic E-state index is 14.7. The molecule has 0 aromatic carbocycles. The van der Waals surface area contributed by atoms with Crippen LogP contribution < -0.4 is 76.1 Å². The van der Waals surface area contributed by atoms with E-state index in [2.05, 4.69) is 60.1 Å². The maximum Gasteiger partial charge on any atom is 0.243 e. The Balaban J connectivity index is 6.85. The van der Waals surface area contributed by atoms with Crippen molar-refractivity contribution in [1.29, 1.82) is 0 Å². The predicted octanol–water partition coefficient (Wildman–Crippen LogP) is 3.37. The van der Waals surface area contributed by atoms with Gasteiger partial charge in [0.2, 0.25) is 65.0 Å². The van der Waals surface area contributed by atoms with Crippen molar-refractivity contribution in [3.63, 3.8) is 0 Å². The fourth-order valence-corrected chi connectivity index (χ4v) is 10.2. The normalized spacial score (nSPS) is 15.2. The van der Waals surface area contributed by atoms with Crippen LogP contribution in [0.25, 0.3) is 0 Å². The van der Waals surface area contributed by atoms with Gasteiger partial charge in [0.1, 0.15) is 54.4 Å². The summed E-state index contributed by atoms with van der Waals surface area (Å²) in [7, 11) is 0. The van der Waals surface area contributed by atoms with Gasteiger partial charge in [-0.3, -0.25) is 52.7 Å². The van der Waals surface area contributed by atoms with E-state index in [1.165, 1.54) is 0 Å². The Morgan fingerprint density at radius 2 is 0.622 bits per heavy atom. The topological polar surface area (TPSA) is 412 Å². The molecule has 11 atom stereocenters. The molecule has 0 saturated carbocycles. The molecule has 0 aliphatic heterocycles. The lowest BCUT2D eigenvalue weighted by Gasteiger charge is -2.31. The van der Waals surface area contributed by atoms with Crippen LogP contribution in [0.3, 0.4) is 0 Å². The lowest BCUT2D eigenvalue weighted by molar-refractivity contribution is -0.137. The number of nitrogens with one attached hydrogen (secondary N) is 10. The van der Waals surface area contributed by atoms with Crippen LogP contribution in [0.5, 0.6) is 0 Å². The van der Waals surface area contributed by atoms with Gasteiger partial charge in [0.15, 0.2) is 0 Å². The molecule has 520 valence electrons. The zero-order chi connectivity index (χ0) is 68.5. The van der Waals surface area contributed by atoms with Crippen LogP contribution in [0, 0.1) is 35.5 Å². The third-order valence-corrected chi connectivity index (χ3v) is 15.9. The second-order valence-corrected chi connectivity index (χ2v) is 26.3. The number of amides is 11. The first-order valence-electron chi connectivity index (χ1n) is 33.9. The average molecular weight is 1280 g/mol. The molecule has 90 heavy (non-hydrogen) atoms. The van der Waals surface area contributed by atoms with E-state index in [1.807, 2.05) is 69.2 Å². The Labute approximate surface area is 539 Å². The largest absolute Gasteiger partial charge is 0.368 e. The predicted molar refractivity (Wildman–Crippen MR) is 353 cm³/mol. The van der Waals surface area contributed by atoms with E-state index in [4.69, 9.17) is 22.9 Å². The molecular formula is C65H124N14O11. The summed E-state index contributed by atoms with van der Waals surface area (Å²) >= 11 is 0. The van der Waals surface area contributed by atoms with Gasteiger partial charge in [0, 0.05) is 6.42 Å². The number of primary amides is 1. The lowest BCUT2D eigenvalue weighted by atomic mass is 9.94. The van der Waals surface area contributed by atoms with Gasteiger partial charge >= 0.3 is 0 Å². The summed E-state index contributed by atoms with van der Waals surface area (Å²) in [5, 5.41) is 27.9. The molecule has 0 rings (SSSR count). The van der Waals surface area contributed by atoms with Gasteiger partial charge in [-0.15, -0.1) is 0 Å². The molecule has 0 heterocycles. The van der Waals surface area contributed by atoms with Gasteiger partial charge in [-0.05, 0) is 145 Å². The molecule has 0 unspecified atom stereocenters. The molecule has 0 aliphatic rings. The highest BCUT2D eigenvalue weighted by molar-refractivity contribution is 5.99. The lowest BCUT2D eigenvalue weighted by Crippen LogP contribution is -2.62. The number of hydrogen-bond acceptors (Lipinski definition) is 14. The average Bonchev–Trinajstić information content (AvgIpc) is 2.80. The summed E-state index contributed by atoms with van der Waals surface area (Å²) in [6, 6.07) is -10.3. The van der Waals surface area contributed by atoms with Crippen LogP contribution >= 0.6 is 0 Å². The summed E-state index contributed by atoms with van der Waals surface area (Å²) < 4.78 is 0. The summed E-state index contributed by atoms with van der Waals surface area (Å²) in [6.45, 7) is 24.9. The number of carbonyl (C=O) groups is 11. The van der Waals surface area contributed by atoms with Crippen molar-refractivity contribution in [3.05, 3.63) is 0 Å². The van der Waals surface area contributed by atoms with E-state index >= 15 is 0 Å². The first-order chi connectivity index (χ1) is 42.5. The Bertz CT molecular complexity index is 2170. The molecule has 0 saturated heterocycles. The van der Waals surface area contributed by atoms with Crippen LogP contribution in [0.1, 0.15) is 231 Å². The standard InChI is InChI=1S/C65H124N14O11/c1-14-17-18-19-20-21-31-53(80)70-39-54(81)71-50(36-41(6)7)61(86)77-51(37-42(8)9)62(87)73-48(30-24-27-34-68)60(85)78-56(45(13)16-3)65(90)79-55(44(12)15-2)64(89)74-47(29-23-26-33-67)58(83)72-46(28-22-25-32-66)59(84)76-52(38-43(10)11)63(88)75-49(57(69)82)35-40(4)5/h40-52,55-56H,14-39,66-68H2,1-13H3,(H2,69,82)(H,70,80)(H,71,81)(H,72,83)(H,73,87)(H,74,89)(H,75,88)(H,76,84)(H,77,86)(H,78,85)(H,79,90)/t44-,45-,46-,47-,48-,49-,50-,51-,52-,55-,56-/m0/s1. The van der Waals surface area contributed by atoms with Crippen LogP contribution in [-0.2, 0) is 52.7 Å². The summed E-state index contributed by atoms with van der Waals surface area (Å²) in [5.74, 6) is -8.08. The van der Waals surface area contributed by atoms with Crippen molar-refractivity contribution in [3.8, 4) is 0 Å². The van der Waals surface area contributed by atoms with Crippen molar-refractivity contribution in [2.75, 3.05) is 26.2 Å². The number of unbranched alkanes of at least 4 members (excludes halogenated alkanes) is 8. The quantitative estimate of drug-likeness (QED) is 0.0389. The van der Waals surface area contributed by atoms with Crippen molar-refractivity contribution in [2.45, 2.75) is 286 Å². The minimum absolute atomic E-state index is 0.0258. The third kappa shape index (κ3) is 36.2. The van der Waals surface area contributed by atoms with Gasteiger partial charge in [-0.2, -0.15) is 0 Å². The van der Waals surface area contributed by atoms with Crippen LogP contribution in [0.4, 0.5) is 0 Å². The highest BCUT2D eigenvalue weighted by Gasteiger charge is 2.38. The summed E-state index contributed by atoms with van der Waals surface area (Å²) in [5.41, 5.74) is 23.2. The third-order valence-electron chi connectivity index (χ3n) is 15.9. The zero-order valence-electron chi connectivity index (χ0n) is 57.3. The molecule has 18 N–H and O–H groups in total. The molecule has 0 fully saturated rings. The zero-order valence-corrected chi connectivity index (χ0v) is 57.3. The number of hydrogen-bond donors (Lipinski definition) is 14. The molecular weight excluding hydrogens is 1150 g/mol. The minimum atomic E-state index is -1.23. The van der Waals surface area contributed by atoms with Gasteiger partial charge in [0.05, 0.1) is 6.54 Å². The van der Waals surface area contributed by atoms with E-state index in [-0.39, 0.29) is 87.5 Å². The molecule has 0 aromatic heterocycles. The highest BCUT2D eigenvalue weighted by atomic mass is 16.2. The summed E-state index contributed by atoms with van der Waals surface area (Å²) in [4.78, 5) is 153. The highest BCUT2D eigenvalue weighted by Crippen LogP contribution is 2.17. The maximum absolute atomic E-state index is 14.7. The van der Waals surface area contributed by atoms with Crippen molar-refractivity contribution in [2.24, 2.45) is 58.4 Å². The van der Waals surface area contributed by atoms with Crippen LogP contribution in [0.2, 0.25) is 0 Å². The van der Waals surface area contributed by atoms with Gasteiger partial charge in [0.25, 0.3) is 0 Å². The molecule has 0 aromatic rings. The number of rotatable bonds is 51. The molecule has 0 radical (unpaired) electrons. The molecule has 0 bridgehead atoms. The van der Waals surface area contributed by atoms with Gasteiger partial charge in [-0.1, -0.05) is 135 Å². The Kier molecular flexibility index (Phi) is 44.7. The second-order valence-electron chi connectivity index (χ2n) is 26.3. The Hall–Kier alpha value is -5.95. The fourth-order valence-electron chi connectivity index (χ4n) is 10.2. The van der Waals surface area contributed by atoms with E-state index in [0.717, 1.165) is 32.1 Å². The smallest absolute Gasteiger partial charge is 0.243 e. The first-order valence-corrected chi connectivity index (χ1v) is 33.9. The van der Waals surface area contributed by atoms with Crippen molar-refractivity contribution in [1.82, 2.24) is 53.2 Å².